The van der Waals surface area contributed by atoms with Gasteiger partial charge in [-0.25, -0.2) is 9.97 Å². The first-order valence-corrected chi connectivity index (χ1v) is 14.4. The molecule has 0 bridgehead atoms. The van der Waals surface area contributed by atoms with E-state index < -0.39 is 8.32 Å². The SMILES string of the molecule is CC(C)(C)[Si](C)(C)OC1CCN(c2ccc(C(=O)Nc3nc(Br)cs3)nc2)CC1. The third kappa shape index (κ3) is 5.65. The molecule has 158 valence electrons. The van der Waals surface area contributed by atoms with Crippen LogP contribution in [0.3, 0.4) is 0 Å². The van der Waals surface area contributed by atoms with Crippen LogP contribution in [-0.2, 0) is 4.43 Å². The molecule has 1 fully saturated rings. The first-order chi connectivity index (χ1) is 13.5. The number of rotatable bonds is 5. The molecule has 3 heterocycles. The minimum absolute atomic E-state index is 0.235. The van der Waals surface area contributed by atoms with Crippen LogP contribution in [0.15, 0.2) is 28.3 Å². The lowest BCUT2D eigenvalue weighted by atomic mass is 10.1. The molecule has 1 saturated heterocycles. The Morgan fingerprint density at radius 3 is 2.52 bits per heavy atom. The molecular weight excluding hydrogens is 468 g/mol. The van der Waals surface area contributed by atoms with Crippen LogP contribution in [0.25, 0.3) is 0 Å². The van der Waals surface area contributed by atoms with E-state index in [-0.39, 0.29) is 10.9 Å². The zero-order chi connectivity index (χ0) is 21.2. The Labute approximate surface area is 186 Å². The van der Waals surface area contributed by atoms with E-state index in [9.17, 15) is 4.79 Å². The van der Waals surface area contributed by atoms with E-state index >= 15 is 0 Å². The van der Waals surface area contributed by atoms with Crippen molar-refractivity contribution < 1.29 is 9.22 Å². The molecule has 9 heteroatoms. The van der Waals surface area contributed by atoms with Crippen LogP contribution >= 0.6 is 27.3 Å². The molecule has 1 N–H and O–H groups in total. The molecule has 2 aromatic heterocycles. The molecule has 6 nitrogen and oxygen atoms in total. The standard InChI is InChI=1S/C20H29BrN4O2SSi/c1-20(2,3)29(4,5)27-15-8-10-25(11-9-15)14-6-7-16(22-12-14)18(26)24-19-23-17(21)13-28-19/h6-7,12-13,15H,8-11H2,1-5H3,(H,23,24,26). The highest BCUT2D eigenvalue weighted by molar-refractivity contribution is 9.10. The molecule has 0 atom stereocenters. The van der Waals surface area contributed by atoms with Crippen molar-refractivity contribution in [2.24, 2.45) is 0 Å². The third-order valence-corrected chi connectivity index (χ3v) is 11.8. The van der Waals surface area contributed by atoms with Gasteiger partial charge in [-0.1, -0.05) is 20.8 Å². The summed E-state index contributed by atoms with van der Waals surface area (Å²) < 4.78 is 7.28. The van der Waals surface area contributed by atoms with Gasteiger partial charge in [0.25, 0.3) is 5.91 Å². The number of halogens is 1. The molecule has 3 rings (SSSR count). The lowest BCUT2D eigenvalue weighted by Crippen LogP contribution is -2.47. The van der Waals surface area contributed by atoms with E-state index in [1.165, 1.54) is 11.3 Å². The predicted molar refractivity (Wildman–Crippen MR) is 126 cm³/mol. The normalized spacial score (nSPS) is 16.1. The molecule has 2 aromatic rings. The second-order valence-corrected chi connectivity index (χ2v) is 15.3. The lowest BCUT2D eigenvalue weighted by molar-refractivity contribution is 0.102. The summed E-state index contributed by atoms with van der Waals surface area (Å²) in [4.78, 5) is 23.2. The first kappa shape index (κ1) is 22.4. The number of pyridine rings is 1. The average molecular weight is 498 g/mol. The Morgan fingerprint density at radius 1 is 1.31 bits per heavy atom. The second-order valence-electron chi connectivity index (χ2n) is 8.90. The molecule has 0 aromatic carbocycles. The number of thiazole rings is 1. The molecular formula is C20H29BrN4O2SSi. The monoisotopic (exact) mass is 496 g/mol. The molecule has 1 aliphatic heterocycles. The van der Waals surface area contributed by atoms with Crippen LogP contribution in [0.1, 0.15) is 44.1 Å². The molecule has 1 aliphatic rings. The van der Waals surface area contributed by atoms with E-state index in [0.717, 1.165) is 31.6 Å². The maximum Gasteiger partial charge on any atom is 0.276 e. The minimum Gasteiger partial charge on any atom is -0.414 e. The lowest BCUT2D eigenvalue weighted by Gasteiger charge is -2.42. The Morgan fingerprint density at radius 2 is 2.00 bits per heavy atom. The summed E-state index contributed by atoms with van der Waals surface area (Å²) in [5.74, 6) is -0.250. The minimum atomic E-state index is -1.73. The van der Waals surface area contributed by atoms with Gasteiger partial charge in [0.15, 0.2) is 13.4 Å². The van der Waals surface area contributed by atoms with Crippen molar-refractivity contribution in [3.8, 4) is 0 Å². The number of hydrogen-bond acceptors (Lipinski definition) is 6. The van der Waals surface area contributed by atoms with Gasteiger partial charge in [-0.05, 0) is 59.0 Å². The Kier molecular flexibility index (Phi) is 6.82. The predicted octanol–water partition coefficient (Wildman–Crippen LogP) is 5.54. The fraction of sp³-hybridized carbons (Fsp3) is 0.550. The summed E-state index contributed by atoms with van der Waals surface area (Å²) >= 11 is 4.65. The Bertz CT molecular complexity index is 843. The van der Waals surface area contributed by atoms with Crippen LogP contribution in [0.5, 0.6) is 0 Å². The van der Waals surface area contributed by atoms with Crippen molar-refractivity contribution in [3.05, 3.63) is 34.0 Å². The number of nitrogens with zero attached hydrogens (tertiary/aromatic N) is 3. The van der Waals surface area contributed by atoms with Crippen molar-refractivity contribution in [2.45, 2.75) is 57.8 Å². The van der Waals surface area contributed by atoms with Crippen LogP contribution in [-0.4, -0.2) is 43.4 Å². The number of carbonyl (C=O) groups excluding carboxylic acids is 1. The summed E-state index contributed by atoms with van der Waals surface area (Å²) in [5, 5.41) is 5.38. The van der Waals surface area contributed by atoms with Gasteiger partial charge in [0.1, 0.15) is 10.3 Å². The van der Waals surface area contributed by atoms with E-state index in [4.69, 9.17) is 4.43 Å². The summed E-state index contributed by atoms with van der Waals surface area (Å²) in [6, 6.07) is 3.74. The summed E-state index contributed by atoms with van der Waals surface area (Å²) in [7, 11) is -1.73. The highest BCUT2D eigenvalue weighted by Crippen LogP contribution is 2.38. The summed E-state index contributed by atoms with van der Waals surface area (Å²) in [6.07, 6.45) is 4.16. The molecule has 0 aliphatic carbocycles. The Hall–Kier alpha value is -1.29. The molecule has 0 unspecified atom stereocenters. The number of carbonyl (C=O) groups is 1. The second kappa shape index (κ2) is 8.83. The molecule has 29 heavy (non-hydrogen) atoms. The molecule has 1 amide bonds. The van der Waals surface area contributed by atoms with Crippen molar-refractivity contribution in [1.82, 2.24) is 9.97 Å². The van der Waals surface area contributed by atoms with Crippen molar-refractivity contribution in [3.63, 3.8) is 0 Å². The average Bonchev–Trinajstić information content (AvgIpc) is 3.06. The van der Waals surface area contributed by atoms with Crippen LogP contribution in [0.2, 0.25) is 18.1 Å². The van der Waals surface area contributed by atoms with Crippen molar-refractivity contribution >= 4 is 52.3 Å². The van der Waals surface area contributed by atoms with Gasteiger partial charge < -0.3 is 9.33 Å². The number of piperidine rings is 1. The highest BCUT2D eigenvalue weighted by atomic mass is 79.9. The molecule has 0 saturated carbocycles. The van der Waals surface area contributed by atoms with E-state index in [1.54, 1.807) is 12.3 Å². The van der Waals surface area contributed by atoms with Gasteiger partial charge in [0, 0.05) is 24.6 Å². The van der Waals surface area contributed by atoms with Gasteiger partial charge in [-0.2, -0.15) is 0 Å². The van der Waals surface area contributed by atoms with Crippen LogP contribution < -0.4 is 10.2 Å². The maximum atomic E-state index is 12.3. The summed E-state index contributed by atoms with van der Waals surface area (Å²) in [6.45, 7) is 13.4. The number of nitrogens with one attached hydrogen (secondary N) is 1. The van der Waals surface area contributed by atoms with E-state index in [1.807, 2.05) is 11.4 Å². The van der Waals surface area contributed by atoms with Crippen LogP contribution in [0, 0.1) is 0 Å². The van der Waals surface area contributed by atoms with Gasteiger partial charge in [0.2, 0.25) is 0 Å². The maximum absolute atomic E-state index is 12.3. The molecule has 0 radical (unpaired) electrons. The third-order valence-electron chi connectivity index (χ3n) is 5.75. The van der Waals surface area contributed by atoms with Gasteiger partial charge in [0.05, 0.1) is 11.9 Å². The number of aromatic nitrogens is 2. The Balaban J connectivity index is 1.54. The fourth-order valence-electron chi connectivity index (χ4n) is 3.01. The topological polar surface area (TPSA) is 67.3 Å². The van der Waals surface area contributed by atoms with Gasteiger partial charge in [-0.15, -0.1) is 11.3 Å². The summed E-state index contributed by atoms with van der Waals surface area (Å²) in [5.41, 5.74) is 1.43. The smallest absolute Gasteiger partial charge is 0.276 e. The van der Waals surface area contributed by atoms with Crippen LogP contribution in [0.4, 0.5) is 10.8 Å². The highest BCUT2D eigenvalue weighted by Gasteiger charge is 2.39. The van der Waals surface area contributed by atoms with E-state index in [0.29, 0.717) is 21.5 Å². The van der Waals surface area contributed by atoms with E-state index in [2.05, 4.69) is 70.0 Å². The molecule has 0 spiro atoms. The van der Waals surface area contributed by atoms with Crippen molar-refractivity contribution in [2.75, 3.05) is 23.3 Å². The fourth-order valence-corrected chi connectivity index (χ4v) is 5.57. The van der Waals surface area contributed by atoms with Gasteiger partial charge >= 0.3 is 0 Å². The number of anilines is 2. The van der Waals surface area contributed by atoms with Gasteiger partial charge in [-0.3, -0.25) is 10.1 Å². The largest absolute Gasteiger partial charge is 0.414 e. The first-order valence-electron chi connectivity index (χ1n) is 9.86. The number of amides is 1. The zero-order valence-corrected chi connectivity index (χ0v) is 21.1. The number of hydrogen-bond donors (Lipinski definition) is 1. The zero-order valence-electron chi connectivity index (χ0n) is 17.7. The van der Waals surface area contributed by atoms with Crippen molar-refractivity contribution in [1.29, 1.82) is 0 Å². The quantitative estimate of drug-likeness (QED) is 0.549.